The molecule has 0 unspecified atom stereocenters. The summed E-state index contributed by atoms with van der Waals surface area (Å²) in [6.07, 6.45) is 6.49. The minimum absolute atomic E-state index is 0.198. The van der Waals surface area contributed by atoms with Crippen LogP contribution in [0.25, 0.3) is 6.08 Å². The molecule has 2 aromatic rings. The molecule has 3 nitrogen and oxygen atoms in total. The maximum Gasteiger partial charge on any atom is 0.244 e. The topological polar surface area (TPSA) is 42.0 Å². The summed E-state index contributed by atoms with van der Waals surface area (Å²) in [6, 6.07) is 8.45. The van der Waals surface area contributed by atoms with Crippen molar-refractivity contribution < 1.29 is 9.18 Å². The first-order valence-corrected chi connectivity index (χ1v) is 6.26. The summed E-state index contributed by atoms with van der Waals surface area (Å²) in [4.78, 5) is 15.6. The second-order valence-corrected chi connectivity index (χ2v) is 4.42. The number of benzene rings is 1. The van der Waals surface area contributed by atoms with Gasteiger partial charge in [-0.2, -0.15) is 0 Å². The Morgan fingerprint density at radius 1 is 1.40 bits per heavy atom. The van der Waals surface area contributed by atoms with Crippen LogP contribution >= 0.6 is 0 Å². The molecule has 0 fully saturated rings. The molecule has 0 radical (unpaired) electrons. The van der Waals surface area contributed by atoms with E-state index in [2.05, 4.69) is 10.3 Å². The lowest BCUT2D eigenvalue weighted by molar-refractivity contribution is -0.116. The van der Waals surface area contributed by atoms with Crippen molar-refractivity contribution in [2.45, 2.75) is 13.5 Å². The fourth-order valence-corrected chi connectivity index (χ4v) is 1.71. The summed E-state index contributed by atoms with van der Waals surface area (Å²) in [5.41, 5.74) is 2.30. The van der Waals surface area contributed by atoms with Crippen LogP contribution in [-0.2, 0) is 11.3 Å². The van der Waals surface area contributed by atoms with Crippen LogP contribution in [0.2, 0.25) is 0 Å². The lowest BCUT2D eigenvalue weighted by Gasteiger charge is -2.04. The first kappa shape index (κ1) is 13.9. The number of hydrogen-bond acceptors (Lipinski definition) is 2. The summed E-state index contributed by atoms with van der Waals surface area (Å²) in [5.74, 6) is -0.438. The van der Waals surface area contributed by atoms with Crippen molar-refractivity contribution in [3.8, 4) is 0 Å². The fourth-order valence-electron chi connectivity index (χ4n) is 1.71. The quantitative estimate of drug-likeness (QED) is 0.868. The largest absolute Gasteiger partial charge is 0.348 e. The highest BCUT2D eigenvalue weighted by molar-refractivity contribution is 5.91. The molecule has 1 aromatic heterocycles. The highest BCUT2D eigenvalue weighted by Gasteiger charge is 2.00. The average Bonchev–Trinajstić information content (AvgIpc) is 2.47. The van der Waals surface area contributed by atoms with Gasteiger partial charge in [0.2, 0.25) is 5.91 Å². The molecule has 0 aliphatic heterocycles. The van der Waals surface area contributed by atoms with Crippen molar-refractivity contribution in [1.82, 2.24) is 10.3 Å². The molecule has 0 aliphatic rings. The molecule has 1 amide bonds. The molecular weight excluding hydrogens is 255 g/mol. The zero-order valence-corrected chi connectivity index (χ0v) is 11.1. The van der Waals surface area contributed by atoms with Crippen LogP contribution < -0.4 is 5.32 Å². The highest BCUT2D eigenvalue weighted by Crippen LogP contribution is 2.08. The van der Waals surface area contributed by atoms with Gasteiger partial charge in [-0.15, -0.1) is 0 Å². The average molecular weight is 270 g/mol. The Bertz CT molecular complexity index is 624. The van der Waals surface area contributed by atoms with E-state index >= 15 is 0 Å². The number of aromatic nitrogens is 1. The van der Waals surface area contributed by atoms with E-state index in [0.29, 0.717) is 12.1 Å². The van der Waals surface area contributed by atoms with Crippen LogP contribution in [0.5, 0.6) is 0 Å². The normalized spacial score (nSPS) is 10.7. The minimum atomic E-state index is -0.239. The molecule has 1 N–H and O–H groups in total. The van der Waals surface area contributed by atoms with Crippen LogP contribution in [0.1, 0.15) is 16.7 Å². The number of hydrogen-bond donors (Lipinski definition) is 1. The van der Waals surface area contributed by atoms with Gasteiger partial charge in [-0.3, -0.25) is 9.78 Å². The number of nitrogens with zero attached hydrogens (tertiary/aromatic N) is 1. The molecule has 1 heterocycles. The first-order valence-electron chi connectivity index (χ1n) is 6.26. The summed E-state index contributed by atoms with van der Waals surface area (Å²) in [5, 5.41) is 2.75. The molecule has 0 saturated heterocycles. The lowest BCUT2D eigenvalue weighted by atomic mass is 10.1. The van der Waals surface area contributed by atoms with Crippen LogP contribution in [0.4, 0.5) is 4.39 Å². The van der Waals surface area contributed by atoms with Crippen LogP contribution in [-0.4, -0.2) is 10.9 Å². The van der Waals surface area contributed by atoms with Gasteiger partial charge >= 0.3 is 0 Å². The van der Waals surface area contributed by atoms with Crippen LogP contribution in [0.3, 0.4) is 0 Å². The predicted molar refractivity (Wildman–Crippen MR) is 76.3 cm³/mol. The van der Waals surface area contributed by atoms with E-state index in [0.717, 1.165) is 11.1 Å². The van der Waals surface area contributed by atoms with E-state index in [1.54, 1.807) is 43.6 Å². The summed E-state index contributed by atoms with van der Waals surface area (Å²) in [6.45, 7) is 2.07. The van der Waals surface area contributed by atoms with E-state index < -0.39 is 0 Å². The fraction of sp³-hybridized carbons (Fsp3) is 0.125. The van der Waals surface area contributed by atoms with E-state index in [1.807, 2.05) is 6.07 Å². The minimum Gasteiger partial charge on any atom is -0.348 e. The van der Waals surface area contributed by atoms with Gasteiger partial charge in [-0.05, 0) is 41.8 Å². The Labute approximate surface area is 117 Å². The van der Waals surface area contributed by atoms with Crippen LogP contribution in [0.15, 0.2) is 48.8 Å². The Kier molecular flexibility index (Phi) is 4.60. The van der Waals surface area contributed by atoms with Gasteiger partial charge in [0.15, 0.2) is 0 Å². The maximum atomic E-state index is 13.1. The third-order valence-electron chi connectivity index (χ3n) is 2.80. The second kappa shape index (κ2) is 6.61. The van der Waals surface area contributed by atoms with Crippen molar-refractivity contribution in [3.63, 3.8) is 0 Å². The van der Waals surface area contributed by atoms with Gasteiger partial charge in [0.05, 0.1) is 0 Å². The molecule has 1 aromatic carbocycles. The van der Waals surface area contributed by atoms with Crippen molar-refractivity contribution in [2.75, 3.05) is 0 Å². The second-order valence-electron chi connectivity index (χ2n) is 4.42. The number of pyridine rings is 1. The first-order chi connectivity index (χ1) is 9.65. The molecule has 102 valence electrons. The third kappa shape index (κ3) is 4.02. The molecule has 0 atom stereocenters. The SMILES string of the molecule is Cc1cc(CNC(=O)C=Cc2cccnc2)ccc1F. The molecule has 0 bridgehead atoms. The van der Waals surface area contributed by atoms with E-state index in [4.69, 9.17) is 0 Å². The van der Waals surface area contributed by atoms with E-state index in [9.17, 15) is 9.18 Å². The van der Waals surface area contributed by atoms with Gasteiger partial charge in [-0.25, -0.2) is 4.39 Å². The van der Waals surface area contributed by atoms with E-state index in [1.165, 1.54) is 12.1 Å². The number of rotatable bonds is 4. The number of halogens is 1. The monoisotopic (exact) mass is 270 g/mol. The van der Waals surface area contributed by atoms with Gasteiger partial charge in [0, 0.05) is 25.0 Å². The lowest BCUT2D eigenvalue weighted by Crippen LogP contribution is -2.20. The molecule has 0 aliphatic carbocycles. The third-order valence-corrected chi connectivity index (χ3v) is 2.80. The number of aryl methyl sites for hydroxylation is 1. The Morgan fingerprint density at radius 3 is 2.95 bits per heavy atom. The molecule has 20 heavy (non-hydrogen) atoms. The summed E-state index contributed by atoms with van der Waals surface area (Å²) < 4.78 is 13.1. The number of amides is 1. The van der Waals surface area contributed by atoms with Crippen molar-refractivity contribution in [1.29, 1.82) is 0 Å². The van der Waals surface area contributed by atoms with E-state index in [-0.39, 0.29) is 11.7 Å². The number of carbonyl (C=O) groups excluding carboxylic acids is 1. The zero-order valence-electron chi connectivity index (χ0n) is 11.1. The van der Waals surface area contributed by atoms with Gasteiger partial charge in [0.1, 0.15) is 5.82 Å². The smallest absolute Gasteiger partial charge is 0.244 e. The molecule has 0 spiro atoms. The van der Waals surface area contributed by atoms with Gasteiger partial charge in [-0.1, -0.05) is 18.2 Å². The van der Waals surface area contributed by atoms with Gasteiger partial charge in [0.25, 0.3) is 0 Å². The number of carbonyl (C=O) groups is 1. The summed E-state index contributed by atoms with van der Waals surface area (Å²) >= 11 is 0. The molecule has 2 rings (SSSR count). The van der Waals surface area contributed by atoms with Crippen molar-refractivity contribution in [2.24, 2.45) is 0 Å². The summed E-state index contributed by atoms with van der Waals surface area (Å²) in [7, 11) is 0. The van der Waals surface area contributed by atoms with Crippen LogP contribution in [0, 0.1) is 12.7 Å². The Balaban J connectivity index is 1.89. The number of nitrogens with one attached hydrogen (secondary N) is 1. The maximum absolute atomic E-state index is 13.1. The molecular formula is C16H15FN2O. The zero-order chi connectivity index (χ0) is 14.4. The Morgan fingerprint density at radius 2 is 2.25 bits per heavy atom. The molecule has 4 heteroatoms. The highest BCUT2D eigenvalue weighted by atomic mass is 19.1. The van der Waals surface area contributed by atoms with Gasteiger partial charge < -0.3 is 5.32 Å². The molecule has 0 saturated carbocycles. The Hall–Kier alpha value is -2.49. The predicted octanol–water partition coefficient (Wildman–Crippen LogP) is 2.86. The van der Waals surface area contributed by atoms with Crippen molar-refractivity contribution >= 4 is 12.0 Å². The standard InChI is InChI=1S/C16H15FN2O/c1-12-9-14(4-6-15(12)17)11-19-16(20)7-5-13-3-2-8-18-10-13/h2-10H,11H2,1H3,(H,19,20). The van der Waals surface area contributed by atoms with Crippen molar-refractivity contribution in [3.05, 3.63) is 71.3 Å².